The maximum absolute atomic E-state index is 8.59. The highest BCUT2D eigenvalue weighted by atomic mass is 16.7. The van der Waals surface area contributed by atoms with E-state index >= 15 is 0 Å². The van der Waals surface area contributed by atoms with Crippen molar-refractivity contribution in [3.8, 4) is 0 Å². The first-order chi connectivity index (χ1) is 4.74. The van der Waals surface area contributed by atoms with Gasteiger partial charge in [0.05, 0.1) is 0 Å². The molecule has 0 saturated carbocycles. The molecule has 1 aliphatic heterocycles. The van der Waals surface area contributed by atoms with Crippen molar-refractivity contribution in [1.29, 1.82) is 0 Å². The molecule has 0 aromatic rings. The van der Waals surface area contributed by atoms with Gasteiger partial charge in [-0.05, 0) is 0 Å². The molecule has 10 heavy (non-hydrogen) atoms. The van der Waals surface area contributed by atoms with Crippen molar-refractivity contribution in [2.24, 2.45) is 5.92 Å². The third kappa shape index (κ3) is 1.42. The van der Waals surface area contributed by atoms with Crippen LogP contribution in [0.15, 0.2) is 12.0 Å². The Balaban J connectivity index is 2.36. The van der Waals surface area contributed by atoms with Crippen molar-refractivity contribution >= 4 is 0 Å². The third-order valence-electron chi connectivity index (χ3n) is 1.30. The molecule has 0 saturated heterocycles. The minimum atomic E-state index is -0.206. The van der Waals surface area contributed by atoms with E-state index in [1.807, 2.05) is 13.8 Å². The molecule has 0 bridgehead atoms. The van der Waals surface area contributed by atoms with Crippen LogP contribution in [0.3, 0.4) is 0 Å². The van der Waals surface area contributed by atoms with Gasteiger partial charge in [0.2, 0.25) is 6.29 Å². The average Bonchev–Trinajstić information content (AvgIpc) is 2.34. The Bertz CT molecular complexity index is 140. The number of aliphatic hydroxyl groups is 1. The Hall–Kier alpha value is -0.700. The SMILES string of the molecule is CC(C)C1OC=C(CO)O1. The number of ether oxygens (including phenoxy) is 2. The van der Waals surface area contributed by atoms with Crippen molar-refractivity contribution < 1.29 is 14.6 Å². The molecule has 3 heteroatoms. The van der Waals surface area contributed by atoms with E-state index in [4.69, 9.17) is 14.6 Å². The average molecular weight is 144 g/mol. The van der Waals surface area contributed by atoms with E-state index in [-0.39, 0.29) is 12.9 Å². The molecule has 0 amide bonds. The second-order valence-corrected chi connectivity index (χ2v) is 2.61. The first-order valence-electron chi connectivity index (χ1n) is 3.36. The maximum Gasteiger partial charge on any atom is 0.242 e. The second-order valence-electron chi connectivity index (χ2n) is 2.61. The summed E-state index contributed by atoms with van der Waals surface area (Å²) in [7, 11) is 0. The monoisotopic (exact) mass is 144 g/mol. The van der Waals surface area contributed by atoms with E-state index in [2.05, 4.69) is 0 Å². The van der Waals surface area contributed by atoms with Crippen molar-refractivity contribution in [2.75, 3.05) is 6.61 Å². The van der Waals surface area contributed by atoms with E-state index < -0.39 is 0 Å². The minimum Gasteiger partial charge on any atom is -0.459 e. The second kappa shape index (κ2) is 2.92. The highest BCUT2D eigenvalue weighted by Crippen LogP contribution is 2.19. The first-order valence-corrected chi connectivity index (χ1v) is 3.36. The van der Waals surface area contributed by atoms with Crippen LogP contribution in [0.2, 0.25) is 0 Å². The molecule has 1 rings (SSSR count). The van der Waals surface area contributed by atoms with Gasteiger partial charge in [-0.1, -0.05) is 13.8 Å². The van der Waals surface area contributed by atoms with E-state index in [1.165, 1.54) is 6.26 Å². The van der Waals surface area contributed by atoms with Crippen molar-refractivity contribution in [3.05, 3.63) is 12.0 Å². The van der Waals surface area contributed by atoms with Crippen LogP contribution >= 0.6 is 0 Å². The first kappa shape index (κ1) is 7.41. The molecule has 58 valence electrons. The molecule has 1 N–H and O–H groups in total. The molecule has 0 spiro atoms. The van der Waals surface area contributed by atoms with E-state index in [0.717, 1.165) is 0 Å². The summed E-state index contributed by atoms with van der Waals surface area (Å²) >= 11 is 0. The Labute approximate surface area is 60.3 Å². The number of rotatable bonds is 2. The number of hydrogen-bond acceptors (Lipinski definition) is 3. The van der Waals surface area contributed by atoms with Gasteiger partial charge < -0.3 is 14.6 Å². The Morgan fingerprint density at radius 1 is 1.70 bits per heavy atom. The lowest BCUT2D eigenvalue weighted by Gasteiger charge is -2.14. The van der Waals surface area contributed by atoms with Gasteiger partial charge in [0.1, 0.15) is 12.9 Å². The fraction of sp³-hybridized carbons (Fsp3) is 0.714. The highest BCUT2D eigenvalue weighted by Gasteiger charge is 2.21. The highest BCUT2D eigenvalue weighted by molar-refractivity contribution is 4.92. The zero-order chi connectivity index (χ0) is 7.56. The molecule has 1 atom stereocenters. The zero-order valence-corrected chi connectivity index (χ0v) is 6.20. The predicted molar refractivity (Wildman–Crippen MR) is 36.0 cm³/mol. The summed E-state index contributed by atoms with van der Waals surface area (Å²) in [6.45, 7) is 3.92. The van der Waals surface area contributed by atoms with Gasteiger partial charge in [-0.2, -0.15) is 0 Å². The molecule has 1 unspecified atom stereocenters. The maximum atomic E-state index is 8.59. The van der Waals surface area contributed by atoms with Crippen LogP contribution in [-0.4, -0.2) is 18.0 Å². The van der Waals surface area contributed by atoms with E-state index in [0.29, 0.717) is 11.7 Å². The molecule has 0 fully saturated rings. The van der Waals surface area contributed by atoms with E-state index in [9.17, 15) is 0 Å². The van der Waals surface area contributed by atoms with Gasteiger partial charge >= 0.3 is 0 Å². The Kier molecular flexibility index (Phi) is 2.17. The molecule has 0 aromatic heterocycles. The molecule has 0 radical (unpaired) electrons. The normalized spacial score (nSPS) is 24.0. The topological polar surface area (TPSA) is 38.7 Å². The quantitative estimate of drug-likeness (QED) is 0.624. The van der Waals surface area contributed by atoms with Gasteiger partial charge in [0.25, 0.3) is 0 Å². The van der Waals surface area contributed by atoms with Gasteiger partial charge in [-0.25, -0.2) is 0 Å². The summed E-state index contributed by atoms with van der Waals surface area (Å²) in [5, 5.41) is 8.59. The fourth-order valence-corrected chi connectivity index (χ4v) is 0.715. The van der Waals surface area contributed by atoms with E-state index in [1.54, 1.807) is 0 Å². The molecular formula is C7H12O3. The third-order valence-corrected chi connectivity index (χ3v) is 1.30. The summed E-state index contributed by atoms with van der Waals surface area (Å²) in [5.74, 6) is 0.832. The van der Waals surface area contributed by atoms with Crippen molar-refractivity contribution in [1.82, 2.24) is 0 Å². The lowest BCUT2D eigenvalue weighted by molar-refractivity contribution is -0.0683. The van der Waals surface area contributed by atoms with Crippen LogP contribution in [0.25, 0.3) is 0 Å². The minimum absolute atomic E-state index is 0.0801. The molecule has 0 aliphatic carbocycles. The van der Waals surface area contributed by atoms with Gasteiger partial charge in [0, 0.05) is 5.92 Å². The summed E-state index contributed by atoms with van der Waals surface area (Å²) in [6.07, 6.45) is 1.26. The Morgan fingerprint density at radius 2 is 2.40 bits per heavy atom. The van der Waals surface area contributed by atoms with Crippen LogP contribution < -0.4 is 0 Å². The number of aliphatic hydroxyl groups excluding tert-OH is 1. The van der Waals surface area contributed by atoms with Gasteiger partial charge in [0.15, 0.2) is 5.76 Å². The van der Waals surface area contributed by atoms with Crippen LogP contribution in [0.5, 0.6) is 0 Å². The lowest BCUT2D eigenvalue weighted by Crippen LogP contribution is -2.16. The molecule has 1 heterocycles. The number of hydrogen-bond donors (Lipinski definition) is 1. The van der Waals surface area contributed by atoms with Crippen LogP contribution in [0, 0.1) is 5.92 Å². The van der Waals surface area contributed by atoms with Crippen molar-refractivity contribution in [2.45, 2.75) is 20.1 Å². The van der Waals surface area contributed by atoms with Crippen LogP contribution in [-0.2, 0) is 9.47 Å². The fourth-order valence-electron chi connectivity index (χ4n) is 0.715. The smallest absolute Gasteiger partial charge is 0.242 e. The molecule has 3 nitrogen and oxygen atoms in total. The standard InChI is InChI=1S/C7H12O3/c1-5(2)7-9-4-6(3-8)10-7/h4-5,7-8H,3H2,1-2H3. The molecule has 0 aromatic carbocycles. The summed E-state index contributed by atoms with van der Waals surface area (Å²) < 4.78 is 10.2. The summed E-state index contributed by atoms with van der Waals surface area (Å²) in [5.41, 5.74) is 0. The van der Waals surface area contributed by atoms with Crippen LogP contribution in [0.1, 0.15) is 13.8 Å². The summed E-state index contributed by atoms with van der Waals surface area (Å²) in [4.78, 5) is 0. The van der Waals surface area contributed by atoms with Crippen molar-refractivity contribution in [3.63, 3.8) is 0 Å². The predicted octanol–water partition coefficient (Wildman–Crippen LogP) is 0.849. The zero-order valence-electron chi connectivity index (χ0n) is 6.20. The lowest BCUT2D eigenvalue weighted by atomic mass is 10.2. The molecular weight excluding hydrogens is 132 g/mol. The molecule has 1 aliphatic rings. The Morgan fingerprint density at radius 3 is 2.70 bits per heavy atom. The van der Waals surface area contributed by atoms with Crippen LogP contribution in [0.4, 0.5) is 0 Å². The largest absolute Gasteiger partial charge is 0.459 e. The summed E-state index contributed by atoms with van der Waals surface area (Å²) in [6, 6.07) is 0. The van der Waals surface area contributed by atoms with Gasteiger partial charge in [-0.3, -0.25) is 0 Å². The van der Waals surface area contributed by atoms with Gasteiger partial charge in [-0.15, -0.1) is 0 Å².